The Kier molecular flexibility index (Phi) is 8.23. The van der Waals surface area contributed by atoms with Crippen LogP contribution in [0.15, 0.2) is 24.0 Å². The van der Waals surface area contributed by atoms with Crippen molar-refractivity contribution >= 4 is 7.82 Å². The fourth-order valence-corrected chi connectivity index (χ4v) is 2.39. The molecule has 0 radical (unpaired) electrons. The van der Waals surface area contributed by atoms with Gasteiger partial charge in [0, 0.05) is 0 Å². The molecule has 100 valence electrons. The first kappa shape index (κ1) is 16.4. The van der Waals surface area contributed by atoms with Crippen molar-refractivity contribution in [1.82, 2.24) is 0 Å². The van der Waals surface area contributed by atoms with Crippen molar-refractivity contribution in [2.75, 3.05) is 13.2 Å². The zero-order valence-corrected chi connectivity index (χ0v) is 12.1. The van der Waals surface area contributed by atoms with E-state index in [-0.39, 0.29) is 13.2 Å². The molecule has 0 unspecified atom stereocenters. The summed E-state index contributed by atoms with van der Waals surface area (Å²) in [6, 6.07) is 0. The summed E-state index contributed by atoms with van der Waals surface area (Å²) < 4.78 is 27.7. The van der Waals surface area contributed by atoms with Crippen molar-refractivity contribution < 1.29 is 18.1 Å². The average molecular weight is 262 g/mol. The van der Waals surface area contributed by atoms with Gasteiger partial charge in [0.05, 0.1) is 13.2 Å². The maximum atomic E-state index is 12.2. The Balaban J connectivity index is 4.86. The van der Waals surface area contributed by atoms with Crippen LogP contribution in [0.1, 0.15) is 40.5 Å². The summed E-state index contributed by atoms with van der Waals surface area (Å²) in [5.74, 6) is 0.500. The molecule has 0 saturated carbocycles. The molecular formula is C12H23O4P. The second-order valence-electron chi connectivity index (χ2n) is 3.31. The Morgan fingerprint density at radius 3 is 2.06 bits per heavy atom. The van der Waals surface area contributed by atoms with Gasteiger partial charge < -0.3 is 4.52 Å². The Hall–Kier alpha value is -0.570. The Bertz CT molecular complexity index is 300. The molecule has 0 aliphatic heterocycles. The van der Waals surface area contributed by atoms with E-state index in [1.165, 1.54) is 0 Å². The van der Waals surface area contributed by atoms with Crippen molar-refractivity contribution in [2.45, 2.75) is 40.5 Å². The second-order valence-corrected chi connectivity index (χ2v) is 4.90. The van der Waals surface area contributed by atoms with Gasteiger partial charge >= 0.3 is 7.82 Å². The summed E-state index contributed by atoms with van der Waals surface area (Å²) in [7, 11) is -3.50. The average Bonchev–Trinajstić information content (AvgIpc) is 2.28. The maximum Gasteiger partial charge on any atom is 0.530 e. The van der Waals surface area contributed by atoms with Gasteiger partial charge in [0.1, 0.15) is 5.76 Å². The SMILES string of the molecule is C=C(CC)C(=CCC)OP(=O)(OCC)OCC. The fourth-order valence-electron chi connectivity index (χ4n) is 1.13. The minimum atomic E-state index is -3.50. The molecule has 0 rings (SSSR count). The number of allylic oxidation sites excluding steroid dienone is 2. The molecule has 0 bridgehead atoms. The van der Waals surface area contributed by atoms with E-state index in [1.54, 1.807) is 13.8 Å². The van der Waals surface area contributed by atoms with Crippen LogP contribution >= 0.6 is 7.82 Å². The molecular weight excluding hydrogens is 239 g/mol. The number of hydrogen-bond acceptors (Lipinski definition) is 4. The van der Waals surface area contributed by atoms with E-state index in [2.05, 4.69) is 6.58 Å². The van der Waals surface area contributed by atoms with Crippen LogP contribution in [0.4, 0.5) is 0 Å². The quantitative estimate of drug-likeness (QED) is 0.350. The molecule has 0 N–H and O–H groups in total. The van der Waals surface area contributed by atoms with Crippen LogP contribution in [-0.2, 0) is 18.1 Å². The standard InChI is InChI=1S/C12H23O4P/c1-6-10-12(11(5)7-2)16-17(13,14-8-3)15-9-4/h10H,5-9H2,1-4H3. The smallest absolute Gasteiger partial charge is 0.404 e. The van der Waals surface area contributed by atoms with Crippen molar-refractivity contribution in [1.29, 1.82) is 0 Å². The lowest BCUT2D eigenvalue weighted by Crippen LogP contribution is -2.01. The van der Waals surface area contributed by atoms with Crippen molar-refractivity contribution in [3.8, 4) is 0 Å². The van der Waals surface area contributed by atoms with E-state index in [4.69, 9.17) is 13.6 Å². The molecule has 5 heteroatoms. The second kappa shape index (κ2) is 8.51. The van der Waals surface area contributed by atoms with E-state index < -0.39 is 7.82 Å². The molecule has 0 saturated heterocycles. The monoisotopic (exact) mass is 262 g/mol. The highest BCUT2D eigenvalue weighted by Crippen LogP contribution is 2.52. The molecule has 0 spiro atoms. The van der Waals surface area contributed by atoms with Gasteiger partial charge in [-0.2, -0.15) is 0 Å². The van der Waals surface area contributed by atoms with Gasteiger partial charge in [0.25, 0.3) is 0 Å². The molecule has 4 nitrogen and oxygen atoms in total. The number of phosphoric ester groups is 1. The topological polar surface area (TPSA) is 44.8 Å². The minimum absolute atomic E-state index is 0.273. The van der Waals surface area contributed by atoms with Crippen molar-refractivity contribution in [3.63, 3.8) is 0 Å². The van der Waals surface area contributed by atoms with Crippen LogP contribution < -0.4 is 0 Å². The molecule has 17 heavy (non-hydrogen) atoms. The van der Waals surface area contributed by atoms with E-state index in [1.807, 2.05) is 19.9 Å². The summed E-state index contributed by atoms with van der Waals surface area (Å²) in [5.41, 5.74) is 0.784. The van der Waals surface area contributed by atoms with Crippen LogP contribution in [0, 0.1) is 0 Å². The van der Waals surface area contributed by atoms with Gasteiger partial charge in [0.15, 0.2) is 0 Å². The molecule has 0 aromatic rings. The zero-order chi connectivity index (χ0) is 13.3. The summed E-state index contributed by atoms with van der Waals surface area (Å²) in [6.07, 6.45) is 3.33. The van der Waals surface area contributed by atoms with Gasteiger partial charge in [-0.25, -0.2) is 4.57 Å². The fraction of sp³-hybridized carbons (Fsp3) is 0.667. The molecule has 0 aromatic carbocycles. The third kappa shape index (κ3) is 6.06. The van der Waals surface area contributed by atoms with Crippen molar-refractivity contribution in [2.24, 2.45) is 0 Å². The molecule has 0 aliphatic carbocycles. The summed E-state index contributed by atoms with van der Waals surface area (Å²) >= 11 is 0. The number of hydrogen-bond donors (Lipinski definition) is 0. The van der Waals surface area contributed by atoms with Gasteiger partial charge in [-0.1, -0.05) is 20.4 Å². The third-order valence-corrected chi connectivity index (χ3v) is 3.52. The molecule has 0 amide bonds. The van der Waals surface area contributed by atoms with Gasteiger partial charge in [-0.15, -0.1) is 0 Å². The highest BCUT2D eigenvalue weighted by Gasteiger charge is 2.28. The lowest BCUT2D eigenvalue weighted by atomic mass is 10.2. The lowest BCUT2D eigenvalue weighted by molar-refractivity contribution is 0.147. The molecule has 0 aliphatic rings. The third-order valence-electron chi connectivity index (χ3n) is 1.95. The van der Waals surface area contributed by atoms with Crippen LogP contribution in [0.5, 0.6) is 0 Å². The first-order chi connectivity index (χ1) is 8.02. The summed E-state index contributed by atoms with van der Waals surface area (Å²) in [4.78, 5) is 0. The molecule has 0 heterocycles. The summed E-state index contributed by atoms with van der Waals surface area (Å²) in [5, 5.41) is 0. The van der Waals surface area contributed by atoms with Crippen LogP contribution in [-0.4, -0.2) is 13.2 Å². The Morgan fingerprint density at radius 1 is 1.18 bits per heavy atom. The predicted octanol–water partition coefficient (Wildman–Crippen LogP) is 4.44. The first-order valence-electron chi connectivity index (χ1n) is 5.99. The van der Waals surface area contributed by atoms with Gasteiger partial charge in [-0.3, -0.25) is 9.05 Å². The van der Waals surface area contributed by atoms with Gasteiger partial charge in [0.2, 0.25) is 0 Å². The van der Waals surface area contributed by atoms with E-state index >= 15 is 0 Å². The minimum Gasteiger partial charge on any atom is -0.404 e. The molecule has 0 aromatic heterocycles. The Labute approximate surface area is 104 Å². The zero-order valence-electron chi connectivity index (χ0n) is 11.2. The highest BCUT2D eigenvalue weighted by molar-refractivity contribution is 7.48. The molecule has 0 atom stereocenters. The Morgan fingerprint density at radius 2 is 1.71 bits per heavy atom. The normalized spacial score (nSPS) is 12.6. The van der Waals surface area contributed by atoms with Gasteiger partial charge in [-0.05, 0) is 38.3 Å². The largest absolute Gasteiger partial charge is 0.530 e. The molecule has 0 fully saturated rings. The van der Waals surface area contributed by atoms with Crippen LogP contribution in [0.2, 0.25) is 0 Å². The van der Waals surface area contributed by atoms with Crippen molar-refractivity contribution in [3.05, 3.63) is 24.0 Å². The van der Waals surface area contributed by atoms with E-state index in [9.17, 15) is 4.57 Å². The van der Waals surface area contributed by atoms with Crippen LogP contribution in [0.3, 0.4) is 0 Å². The maximum absolute atomic E-state index is 12.2. The van der Waals surface area contributed by atoms with E-state index in [0.717, 1.165) is 18.4 Å². The summed E-state index contributed by atoms with van der Waals surface area (Å²) in [6.45, 7) is 11.8. The number of rotatable bonds is 9. The first-order valence-corrected chi connectivity index (χ1v) is 7.45. The van der Waals surface area contributed by atoms with Crippen LogP contribution in [0.25, 0.3) is 0 Å². The number of phosphoric acid groups is 1. The predicted molar refractivity (Wildman–Crippen MR) is 69.7 cm³/mol. The lowest BCUT2D eigenvalue weighted by Gasteiger charge is -2.19. The van der Waals surface area contributed by atoms with E-state index in [0.29, 0.717) is 5.76 Å². The highest BCUT2D eigenvalue weighted by atomic mass is 31.2.